The summed E-state index contributed by atoms with van der Waals surface area (Å²) in [5.74, 6) is 0.675. The van der Waals surface area contributed by atoms with Gasteiger partial charge in [-0.1, -0.05) is 5.16 Å². The van der Waals surface area contributed by atoms with Gasteiger partial charge in [-0.15, -0.1) is 11.3 Å². The molecule has 0 saturated heterocycles. The zero-order chi connectivity index (χ0) is 17.8. The Morgan fingerprint density at radius 3 is 2.64 bits per heavy atom. The van der Waals surface area contributed by atoms with Crippen LogP contribution in [0, 0.1) is 20.8 Å². The second-order valence-corrected chi connectivity index (χ2v) is 8.84. The van der Waals surface area contributed by atoms with E-state index < -0.39 is 10.0 Å². The molecule has 25 heavy (non-hydrogen) atoms. The van der Waals surface area contributed by atoms with Crippen LogP contribution < -0.4 is 0 Å². The van der Waals surface area contributed by atoms with E-state index >= 15 is 0 Å². The zero-order valence-corrected chi connectivity index (χ0v) is 15.5. The van der Waals surface area contributed by atoms with Crippen molar-refractivity contribution in [2.75, 3.05) is 0 Å². The first kappa shape index (κ1) is 16.0. The van der Waals surface area contributed by atoms with Crippen molar-refractivity contribution < 1.29 is 12.9 Å². The molecule has 4 aromatic rings. The molecule has 0 unspecified atom stereocenters. The Morgan fingerprint density at radius 1 is 1.20 bits per heavy atom. The third kappa shape index (κ3) is 2.49. The highest BCUT2D eigenvalue weighted by molar-refractivity contribution is 7.92. The predicted molar refractivity (Wildman–Crippen MR) is 96.3 cm³/mol. The highest BCUT2D eigenvalue weighted by atomic mass is 32.2. The summed E-state index contributed by atoms with van der Waals surface area (Å²) in [7, 11) is -3.65. The van der Waals surface area contributed by atoms with Crippen LogP contribution >= 0.6 is 11.3 Å². The molecule has 0 amide bonds. The average Bonchev–Trinajstić information content (AvgIpc) is 3.26. The molecular weight excluding hydrogens is 358 g/mol. The normalized spacial score (nSPS) is 12.1. The first-order valence-corrected chi connectivity index (χ1v) is 9.91. The molecule has 0 aromatic carbocycles. The van der Waals surface area contributed by atoms with Gasteiger partial charge < -0.3 is 4.52 Å². The molecule has 0 spiro atoms. The molecule has 0 radical (unpaired) electrons. The van der Waals surface area contributed by atoms with Gasteiger partial charge in [0.1, 0.15) is 9.97 Å². The predicted octanol–water partition coefficient (Wildman–Crippen LogP) is 3.92. The Kier molecular flexibility index (Phi) is 3.55. The van der Waals surface area contributed by atoms with Gasteiger partial charge in [0.05, 0.1) is 16.7 Å². The quantitative estimate of drug-likeness (QED) is 0.544. The first-order valence-electron chi connectivity index (χ1n) is 7.59. The summed E-state index contributed by atoms with van der Waals surface area (Å²) in [5, 5.41) is 5.78. The molecule has 4 heterocycles. The summed E-state index contributed by atoms with van der Waals surface area (Å²) in [6, 6.07) is 5.19. The summed E-state index contributed by atoms with van der Waals surface area (Å²) in [6.45, 7) is 5.55. The largest absolute Gasteiger partial charge is 0.361 e. The van der Waals surface area contributed by atoms with E-state index in [1.165, 1.54) is 15.3 Å². The van der Waals surface area contributed by atoms with Gasteiger partial charge in [-0.3, -0.25) is 4.98 Å². The highest BCUT2D eigenvalue weighted by Gasteiger charge is 2.22. The number of hydrogen-bond acceptors (Lipinski definition) is 6. The Morgan fingerprint density at radius 2 is 2.00 bits per heavy atom. The lowest BCUT2D eigenvalue weighted by molar-refractivity contribution is 0.393. The molecule has 0 aliphatic heterocycles. The van der Waals surface area contributed by atoms with E-state index in [4.69, 9.17) is 4.52 Å². The molecule has 4 aromatic heterocycles. The molecule has 0 bridgehead atoms. The van der Waals surface area contributed by atoms with Gasteiger partial charge in [0.15, 0.2) is 0 Å². The minimum atomic E-state index is -3.65. The van der Waals surface area contributed by atoms with Crippen molar-refractivity contribution in [3.8, 4) is 11.1 Å². The van der Waals surface area contributed by atoms with Crippen molar-refractivity contribution in [2.24, 2.45) is 0 Å². The molecular formula is C17H15N3O3S2. The van der Waals surface area contributed by atoms with E-state index in [0.29, 0.717) is 21.0 Å². The summed E-state index contributed by atoms with van der Waals surface area (Å²) in [4.78, 5) is 4.40. The van der Waals surface area contributed by atoms with Gasteiger partial charge in [0.2, 0.25) is 0 Å². The first-order chi connectivity index (χ1) is 11.9. The molecule has 0 aliphatic carbocycles. The van der Waals surface area contributed by atoms with Gasteiger partial charge in [-0.25, -0.2) is 3.97 Å². The second-order valence-electron chi connectivity index (χ2n) is 5.89. The molecule has 6 nitrogen and oxygen atoms in total. The van der Waals surface area contributed by atoms with Crippen molar-refractivity contribution in [3.63, 3.8) is 0 Å². The lowest BCUT2D eigenvalue weighted by Gasteiger charge is -2.06. The van der Waals surface area contributed by atoms with Gasteiger partial charge in [0, 0.05) is 23.5 Å². The maximum absolute atomic E-state index is 13.0. The number of pyridine rings is 1. The fraction of sp³-hybridized carbons (Fsp3) is 0.176. The molecule has 4 rings (SSSR count). The van der Waals surface area contributed by atoms with Crippen molar-refractivity contribution in [2.45, 2.75) is 25.0 Å². The minimum Gasteiger partial charge on any atom is -0.361 e. The van der Waals surface area contributed by atoms with Crippen molar-refractivity contribution in [1.82, 2.24) is 14.1 Å². The fourth-order valence-electron chi connectivity index (χ4n) is 2.87. The van der Waals surface area contributed by atoms with E-state index in [2.05, 4.69) is 10.1 Å². The molecule has 0 atom stereocenters. The third-order valence-electron chi connectivity index (χ3n) is 4.04. The molecule has 0 N–H and O–H groups in total. The lowest BCUT2D eigenvalue weighted by atomic mass is 10.1. The van der Waals surface area contributed by atoms with E-state index in [1.54, 1.807) is 24.5 Å². The van der Waals surface area contributed by atoms with Crippen LogP contribution in [-0.2, 0) is 10.0 Å². The van der Waals surface area contributed by atoms with Crippen LogP contribution in [0.1, 0.15) is 17.0 Å². The second kappa shape index (κ2) is 5.53. The van der Waals surface area contributed by atoms with Crippen molar-refractivity contribution >= 4 is 32.4 Å². The lowest BCUT2D eigenvalue weighted by Crippen LogP contribution is -2.10. The maximum Gasteiger partial charge on any atom is 0.277 e. The van der Waals surface area contributed by atoms with Crippen LogP contribution in [0.25, 0.3) is 22.2 Å². The topological polar surface area (TPSA) is 78.0 Å². The Balaban J connectivity index is 1.93. The molecule has 8 heteroatoms. The Bertz CT molecular complexity index is 1180. The van der Waals surface area contributed by atoms with Crippen LogP contribution in [0.15, 0.2) is 44.7 Å². The Labute approximate surface area is 148 Å². The number of thiophene rings is 1. The number of rotatable bonds is 3. The van der Waals surface area contributed by atoms with E-state index in [-0.39, 0.29) is 0 Å². The Hall–Kier alpha value is -2.45. The minimum absolute atomic E-state index is 0.310. The highest BCUT2D eigenvalue weighted by Crippen LogP contribution is 2.31. The summed E-state index contributed by atoms with van der Waals surface area (Å²) >= 11 is 1.22. The fourth-order valence-corrected chi connectivity index (χ4v) is 5.52. The number of nitrogens with zero attached hydrogens (tertiary/aromatic N) is 3. The van der Waals surface area contributed by atoms with Gasteiger partial charge >= 0.3 is 0 Å². The van der Waals surface area contributed by atoms with Gasteiger partial charge in [0.25, 0.3) is 10.0 Å². The van der Waals surface area contributed by atoms with Crippen LogP contribution in [0.4, 0.5) is 0 Å². The standard InChI is InChI=1S/C17H15N3O3S2/c1-10-6-16(24-9-10)25(21,22)20-5-4-14-15(20)7-13(8-18-14)17-11(2)19-23-12(17)3/h4-9H,1-3H3. The van der Waals surface area contributed by atoms with Gasteiger partial charge in [-0.05, 0) is 49.9 Å². The van der Waals surface area contributed by atoms with E-state index in [0.717, 1.165) is 22.4 Å². The summed E-state index contributed by atoms with van der Waals surface area (Å²) in [6.07, 6.45) is 3.25. The number of hydrogen-bond donors (Lipinski definition) is 0. The average molecular weight is 373 g/mol. The molecule has 0 aliphatic rings. The number of fused-ring (bicyclic) bond motifs is 1. The van der Waals surface area contributed by atoms with E-state index in [9.17, 15) is 8.42 Å². The number of aromatic nitrogens is 3. The summed E-state index contributed by atoms with van der Waals surface area (Å²) < 4.78 is 32.7. The van der Waals surface area contributed by atoms with Crippen molar-refractivity contribution in [3.05, 3.63) is 53.0 Å². The SMILES string of the molecule is Cc1csc(S(=O)(=O)n2ccc3ncc(-c4c(C)noc4C)cc32)c1. The zero-order valence-electron chi connectivity index (χ0n) is 13.8. The van der Waals surface area contributed by atoms with Crippen LogP contribution in [0.3, 0.4) is 0 Å². The molecule has 0 saturated carbocycles. The number of aryl methyl sites for hydroxylation is 3. The van der Waals surface area contributed by atoms with Gasteiger partial charge in [-0.2, -0.15) is 8.42 Å². The van der Waals surface area contributed by atoms with Crippen LogP contribution in [-0.4, -0.2) is 22.5 Å². The van der Waals surface area contributed by atoms with Crippen LogP contribution in [0.2, 0.25) is 0 Å². The third-order valence-corrected chi connectivity index (χ3v) is 7.27. The van der Waals surface area contributed by atoms with Crippen LogP contribution in [0.5, 0.6) is 0 Å². The summed E-state index contributed by atoms with van der Waals surface area (Å²) in [5.41, 5.74) is 4.44. The van der Waals surface area contributed by atoms with Crippen molar-refractivity contribution in [1.29, 1.82) is 0 Å². The molecule has 128 valence electrons. The smallest absolute Gasteiger partial charge is 0.277 e. The maximum atomic E-state index is 13.0. The molecule has 0 fully saturated rings. The van der Waals surface area contributed by atoms with E-state index in [1.807, 2.05) is 32.2 Å². The monoisotopic (exact) mass is 373 g/mol.